The van der Waals surface area contributed by atoms with Gasteiger partial charge in [0.25, 0.3) is 5.91 Å². The number of ether oxygens (including phenoxy) is 3. The van der Waals surface area contributed by atoms with Crippen LogP contribution in [0.3, 0.4) is 0 Å². The number of hydrogen-bond acceptors (Lipinski definition) is 9. The Morgan fingerprint density at radius 2 is 1.78 bits per heavy atom. The van der Waals surface area contributed by atoms with Gasteiger partial charge < -0.3 is 29.1 Å². The highest BCUT2D eigenvalue weighted by atomic mass is 35.5. The number of nitrogens with one attached hydrogen (secondary N) is 1. The quantitative estimate of drug-likeness (QED) is 0.365. The second-order valence-corrected chi connectivity index (χ2v) is 14.8. The number of hydrogen-bond donors (Lipinski definition) is 2. The Balaban J connectivity index is 1.65. The van der Waals surface area contributed by atoms with Crippen LogP contribution in [-0.2, 0) is 29.1 Å². The van der Waals surface area contributed by atoms with Gasteiger partial charge in [0.2, 0.25) is 21.8 Å². The van der Waals surface area contributed by atoms with Crippen molar-refractivity contribution >= 4 is 45.0 Å². The zero-order valence-electron chi connectivity index (χ0n) is 26.7. The second-order valence-electron chi connectivity index (χ2n) is 12.6. The third kappa shape index (κ3) is 8.49. The minimum atomic E-state index is -3.65. The molecule has 1 fully saturated rings. The van der Waals surface area contributed by atoms with Crippen LogP contribution >= 0.6 is 11.6 Å². The van der Waals surface area contributed by atoms with Gasteiger partial charge in [-0.1, -0.05) is 37.6 Å². The van der Waals surface area contributed by atoms with E-state index < -0.39 is 39.5 Å². The summed E-state index contributed by atoms with van der Waals surface area (Å²) in [6.07, 6.45) is -0.344. The molecular formula is C32H42ClN3O9S. The van der Waals surface area contributed by atoms with Crippen molar-refractivity contribution in [2.75, 3.05) is 51.6 Å². The molecule has 2 N–H and O–H groups in total. The highest BCUT2D eigenvalue weighted by Crippen LogP contribution is 2.45. The second kappa shape index (κ2) is 14.6. The van der Waals surface area contributed by atoms with E-state index in [2.05, 4.69) is 0 Å². The smallest absolute Gasteiger partial charge is 0.256 e. The summed E-state index contributed by atoms with van der Waals surface area (Å²) in [4.78, 5) is 43.3. The summed E-state index contributed by atoms with van der Waals surface area (Å²) in [5.41, 5.74) is 1.02. The van der Waals surface area contributed by atoms with Crippen LogP contribution in [0.15, 0.2) is 36.4 Å². The lowest BCUT2D eigenvalue weighted by Gasteiger charge is -2.34. The molecule has 46 heavy (non-hydrogen) atoms. The molecule has 0 saturated carbocycles. The van der Waals surface area contributed by atoms with Gasteiger partial charge in [0.05, 0.1) is 26.9 Å². The summed E-state index contributed by atoms with van der Waals surface area (Å²) in [5.74, 6) is -0.517. The zero-order valence-corrected chi connectivity index (χ0v) is 28.3. The number of anilines is 1. The van der Waals surface area contributed by atoms with Gasteiger partial charge in [-0.25, -0.2) is 8.42 Å². The van der Waals surface area contributed by atoms with Crippen LogP contribution in [0.2, 0.25) is 5.02 Å². The number of piperidine rings is 1. The number of fused-ring (bicyclic) bond motifs is 1. The molecule has 2 aliphatic heterocycles. The van der Waals surface area contributed by atoms with Gasteiger partial charge in [0.1, 0.15) is 12.2 Å². The Morgan fingerprint density at radius 1 is 1.09 bits per heavy atom. The third-order valence-corrected chi connectivity index (χ3v) is 9.07. The first-order valence-electron chi connectivity index (χ1n) is 15.0. The molecule has 0 aliphatic carbocycles. The maximum Gasteiger partial charge on any atom is 0.256 e. The van der Waals surface area contributed by atoms with Crippen molar-refractivity contribution in [3.8, 4) is 11.5 Å². The number of amides is 3. The van der Waals surface area contributed by atoms with E-state index in [1.54, 1.807) is 46.2 Å². The molecule has 0 radical (unpaired) electrons. The Bertz CT molecular complexity index is 1560. The molecule has 2 aromatic rings. The first kappa shape index (κ1) is 35.5. The minimum Gasteiger partial charge on any atom is -0.493 e. The lowest BCUT2D eigenvalue weighted by Crippen LogP contribution is -2.47. The number of benzene rings is 2. The van der Waals surface area contributed by atoms with Crippen molar-refractivity contribution in [3.63, 3.8) is 0 Å². The van der Waals surface area contributed by atoms with E-state index in [1.807, 2.05) is 18.6 Å². The average Bonchev–Trinajstić information content (AvgIpc) is 3.10. The third-order valence-electron chi connectivity index (χ3n) is 8.24. The molecule has 1 saturated heterocycles. The normalized spacial score (nSPS) is 19.3. The molecular weight excluding hydrogens is 638 g/mol. The van der Waals surface area contributed by atoms with E-state index in [9.17, 15) is 27.9 Å². The molecule has 2 heterocycles. The van der Waals surface area contributed by atoms with Crippen LogP contribution in [0.1, 0.15) is 56.8 Å². The fraction of sp³-hybridized carbons (Fsp3) is 0.531. The predicted molar refractivity (Wildman–Crippen MR) is 172 cm³/mol. The molecule has 0 aromatic heterocycles. The maximum atomic E-state index is 14.3. The van der Waals surface area contributed by atoms with Gasteiger partial charge in [-0.15, -0.1) is 0 Å². The van der Waals surface area contributed by atoms with Crippen LogP contribution in [-0.4, -0.2) is 89.0 Å². The molecule has 0 bridgehead atoms. The number of rotatable bonds is 11. The predicted octanol–water partition coefficient (Wildman–Crippen LogP) is 3.29. The molecule has 2 aromatic carbocycles. The van der Waals surface area contributed by atoms with Crippen molar-refractivity contribution in [3.05, 3.63) is 52.5 Å². The van der Waals surface area contributed by atoms with Crippen LogP contribution < -0.4 is 19.1 Å². The molecule has 3 amide bonds. The van der Waals surface area contributed by atoms with Gasteiger partial charge in [-0.2, -0.15) is 0 Å². The van der Waals surface area contributed by atoms with E-state index in [0.717, 1.165) is 6.26 Å². The number of carbonyl (C=O) groups excluding carboxylic acids is 3. The van der Waals surface area contributed by atoms with E-state index in [0.29, 0.717) is 59.3 Å². The van der Waals surface area contributed by atoms with E-state index in [4.69, 9.17) is 25.8 Å². The standard InChI is InChI=1S/C32H42ClN3O9S/c1-32(2,19-37)18-36-24-10-9-21(33)16-23(24)29(22-7-6-8-25(43-3)30(22)44-4)45-26(31(36)40)17-28(39)35-13-11-20(12-14-35)15-27(38)34-46(5,41)42/h6-10,16,20,26,29,37H,11-15,17-19H2,1-5H3,(H,34,38)/t26-,29-/m1/s1. The monoisotopic (exact) mass is 679 g/mol. The summed E-state index contributed by atoms with van der Waals surface area (Å²) in [6, 6.07) is 10.5. The summed E-state index contributed by atoms with van der Waals surface area (Å²) in [5, 5.41) is 10.5. The van der Waals surface area contributed by atoms with Crippen molar-refractivity contribution in [2.24, 2.45) is 11.3 Å². The maximum absolute atomic E-state index is 14.3. The number of nitrogens with zero attached hydrogens (tertiary/aromatic N) is 2. The number of aliphatic hydroxyl groups excluding tert-OH is 1. The summed E-state index contributed by atoms with van der Waals surface area (Å²) in [7, 11) is -0.619. The number of para-hydroxylation sites is 1. The highest BCUT2D eigenvalue weighted by Gasteiger charge is 2.41. The number of sulfonamides is 1. The topological polar surface area (TPSA) is 152 Å². The number of aliphatic hydroxyl groups is 1. The number of methoxy groups -OCH3 is 2. The van der Waals surface area contributed by atoms with E-state index in [1.165, 1.54) is 14.2 Å². The Hall–Kier alpha value is -3.39. The molecule has 2 atom stereocenters. The number of carbonyl (C=O) groups is 3. The largest absolute Gasteiger partial charge is 0.493 e. The molecule has 0 unspecified atom stereocenters. The number of halogens is 1. The summed E-state index contributed by atoms with van der Waals surface area (Å²) >= 11 is 6.49. The Kier molecular flexibility index (Phi) is 11.2. The average molecular weight is 680 g/mol. The zero-order chi connectivity index (χ0) is 33.8. The van der Waals surface area contributed by atoms with Gasteiger partial charge in [-0.3, -0.25) is 19.1 Å². The summed E-state index contributed by atoms with van der Waals surface area (Å²) in [6.45, 7) is 4.33. The van der Waals surface area contributed by atoms with Gasteiger partial charge in [-0.05, 0) is 43.0 Å². The fourth-order valence-corrected chi connectivity index (χ4v) is 6.57. The van der Waals surface area contributed by atoms with Crippen LogP contribution in [0.4, 0.5) is 5.69 Å². The van der Waals surface area contributed by atoms with Gasteiger partial charge in [0, 0.05) is 59.9 Å². The van der Waals surface area contributed by atoms with Crippen molar-refractivity contribution in [1.82, 2.24) is 9.62 Å². The van der Waals surface area contributed by atoms with Crippen LogP contribution in [0.5, 0.6) is 11.5 Å². The summed E-state index contributed by atoms with van der Waals surface area (Å²) < 4.78 is 42.6. The minimum absolute atomic E-state index is 0.0415. The van der Waals surface area contributed by atoms with Crippen LogP contribution in [0, 0.1) is 11.3 Å². The lowest BCUT2D eigenvalue weighted by molar-refractivity contribution is -0.144. The molecule has 14 heteroatoms. The van der Waals surface area contributed by atoms with E-state index >= 15 is 0 Å². The Morgan fingerprint density at radius 3 is 2.39 bits per heavy atom. The lowest BCUT2D eigenvalue weighted by atomic mass is 9.92. The first-order chi connectivity index (χ1) is 21.7. The Labute approximate surface area is 275 Å². The van der Waals surface area contributed by atoms with Crippen LogP contribution in [0.25, 0.3) is 0 Å². The van der Waals surface area contributed by atoms with E-state index in [-0.39, 0.29) is 37.8 Å². The van der Waals surface area contributed by atoms with Crippen molar-refractivity contribution in [1.29, 1.82) is 0 Å². The number of likely N-dealkylation sites (tertiary alicyclic amines) is 1. The highest BCUT2D eigenvalue weighted by molar-refractivity contribution is 7.89. The molecule has 2 aliphatic rings. The SMILES string of the molecule is COc1cccc([C@H]2O[C@H](CC(=O)N3CCC(CC(=O)NS(C)(=O)=O)CC3)C(=O)N(CC(C)(C)CO)c3ccc(Cl)cc32)c1OC. The molecule has 12 nitrogen and oxygen atoms in total. The fourth-order valence-electron chi connectivity index (χ4n) is 5.89. The van der Waals surface area contributed by atoms with Gasteiger partial charge in [0.15, 0.2) is 11.5 Å². The van der Waals surface area contributed by atoms with Gasteiger partial charge >= 0.3 is 0 Å². The molecule has 4 rings (SSSR count). The first-order valence-corrected chi connectivity index (χ1v) is 17.3. The van der Waals surface area contributed by atoms with Crippen molar-refractivity contribution < 1.29 is 42.1 Å². The molecule has 252 valence electrons. The molecule has 0 spiro atoms. The van der Waals surface area contributed by atoms with Crippen molar-refractivity contribution in [2.45, 2.75) is 51.7 Å².